The Labute approximate surface area is 132 Å². The number of sulfonamides is 1. The Balaban J connectivity index is 1.83. The summed E-state index contributed by atoms with van der Waals surface area (Å²) in [5.41, 5.74) is 1.08. The molecule has 1 heterocycles. The minimum absolute atomic E-state index is 0.0517. The van der Waals surface area contributed by atoms with Crippen LogP contribution in [0.5, 0.6) is 0 Å². The molecule has 3 aromatic rings. The van der Waals surface area contributed by atoms with Crippen molar-refractivity contribution in [2.24, 2.45) is 5.14 Å². The summed E-state index contributed by atoms with van der Waals surface area (Å²) in [7, 11) is -3.70. The largest absolute Gasteiger partial charge is 0.365 e. The van der Waals surface area contributed by atoms with E-state index in [1.54, 1.807) is 24.3 Å². The van der Waals surface area contributed by atoms with Gasteiger partial charge < -0.3 is 5.32 Å². The molecule has 0 saturated heterocycles. The molecule has 0 spiro atoms. The van der Waals surface area contributed by atoms with Crippen LogP contribution in [-0.2, 0) is 16.6 Å². The van der Waals surface area contributed by atoms with Crippen LogP contribution in [0.1, 0.15) is 5.56 Å². The van der Waals surface area contributed by atoms with Crippen molar-refractivity contribution in [1.82, 2.24) is 9.97 Å². The molecule has 0 atom stereocenters. The van der Waals surface area contributed by atoms with Gasteiger partial charge in [0.15, 0.2) is 0 Å². The minimum atomic E-state index is -3.70. The summed E-state index contributed by atoms with van der Waals surface area (Å²) in [6.45, 7) is 0.396. The van der Waals surface area contributed by atoms with E-state index in [-0.39, 0.29) is 10.4 Å². The third-order valence-electron chi connectivity index (χ3n) is 3.33. The predicted molar refractivity (Wildman–Crippen MR) is 84.6 cm³/mol. The zero-order valence-electron chi connectivity index (χ0n) is 11.9. The molecule has 3 rings (SSSR count). The van der Waals surface area contributed by atoms with Gasteiger partial charge in [-0.05, 0) is 29.8 Å². The van der Waals surface area contributed by atoms with Gasteiger partial charge in [-0.25, -0.2) is 27.9 Å². The number of para-hydroxylation sites is 1. The second kappa shape index (κ2) is 5.90. The zero-order chi connectivity index (χ0) is 16.4. The van der Waals surface area contributed by atoms with E-state index in [9.17, 15) is 12.8 Å². The number of anilines is 1. The molecule has 0 aliphatic rings. The third kappa shape index (κ3) is 3.27. The van der Waals surface area contributed by atoms with Crippen molar-refractivity contribution in [2.45, 2.75) is 11.4 Å². The van der Waals surface area contributed by atoms with Gasteiger partial charge in [0.05, 0.1) is 4.90 Å². The van der Waals surface area contributed by atoms with Gasteiger partial charge in [-0.1, -0.05) is 18.2 Å². The van der Waals surface area contributed by atoms with Crippen molar-refractivity contribution in [3.63, 3.8) is 0 Å². The highest BCUT2D eigenvalue weighted by molar-refractivity contribution is 7.89. The lowest BCUT2D eigenvalue weighted by atomic mass is 10.2. The highest BCUT2D eigenvalue weighted by atomic mass is 32.2. The number of primary sulfonamides is 1. The fourth-order valence-corrected chi connectivity index (χ4v) is 2.69. The molecule has 0 unspecified atom stereocenters. The number of nitrogens with two attached hydrogens (primary N) is 1. The van der Waals surface area contributed by atoms with Crippen LogP contribution in [0.3, 0.4) is 0 Å². The fourth-order valence-electron chi connectivity index (χ4n) is 2.18. The molecule has 0 aliphatic carbocycles. The average Bonchev–Trinajstić information content (AvgIpc) is 2.53. The van der Waals surface area contributed by atoms with E-state index in [1.165, 1.54) is 24.5 Å². The van der Waals surface area contributed by atoms with E-state index in [0.29, 0.717) is 17.7 Å². The highest BCUT2D eigenvalue weighted by Gasteiger charge is 2.08. The summed E-state index contributed by atoms with van der Waals surface area (Å²) in [5, 5.41) is 8.72. The summed E-state index contributed by atoms with van der Waals surface area (Å²) in [6.07, 6.45) is 1.29. The molecule has 0 saturated carbocycles. The normalized spacial score (nSPS) is 11.6. The van der Waals surface area contributed by atoms with Crippen molar-refractivity contribution in [3.05, 3.63) is 60.2 Å². The molecule has 0 amide bonds. The lowest BCUT2D eigenvalue weighted by Crippen LogP contribution is -2.12. The molecule has 3 N–H and O–H groups in total. The number of fused-ring (bicyclic) bond motifs is 1. The minimum Gasteiger partial charge on any atom is -0.365 e. The quantitative estimate of drug-likeness (QED) is 0.762. The van der Waals surface area contributed by atoms with Gasteiger partial charge in [-0.15, -0.1) is 0 Å². The first-order valence-corrected chi connectivity index (χ1v) is 8.24. The van der Waals surface area contributed by atoms with E-state index in [2.05, 4.69) is 15.3 Å². The number of rotatable bonds is 4. The number of hydrogen-bond donors (Lipinski definition) is 2. The molecule has 118 valence electrons. The Morgan fingerprint density at radius 3 is 2.52 bits per heavy atom. The summed E-state index contributed by atoms with van der Waals surface area (Å²) in [4.78, 5) is 8.10. The SMILES string of the molecule is NS(=O)(=O)c1ccc(CNc2ncnc3c(F)cccc23)cc1. The van der Waals surface area contributed by atoms with Crippen LogP contribution >= 0.6 is 0 Å². The van der Waals surface area contributed by atoms with Crippen LogP contribution in [0.2, 0.25) is 0 Å². The lowest BCUT2D eigenvalue weighted by molar-refractivity contribution is 0.598. The first kappa shape index (κ1) is 15.3. The van der Waals surface area contributed by atoms with E-state index < -0.39 is 15.8 Å². The second-order valence-electron chi connectivity index (χ2n) is 4.90. The van der Waals surface area contributed by atoms with Crippen LogP contribution in [0.25, 0.3) is 10.9 Å². The van der Waals surface area contributed by atoms with Gasteiger partial charge in [0.2, 0.25) is 10.0 Å². The first-order valence-electron chi connectivity index (χ1n) is 6.70. The third-order valence-corrected chi connectivity index (χ3v) is 4.26. The molecule has 0 bridgehead atoms. The average molecular weight is 332 g/mol. The van der Waals surface area contributed by atoms with Crippen molar-refractivity contribution < 1.29 is 12.8 Å². The molecule has 23 heavy (non-hydrogen) atoms. The molecule has 8 heteroatoms. The lowest BCUT2D eigenvalue weighted by Gasteiger charge is -2.09. The van der Waals surface area contributed by atoms with Crippen molar-refractivity contribution in [3.8, 4) is 0 Å². The fraction of sp³-hybridized carbons (Fsp3) is 0.0667. The van der Waals surface area contributed by atoms with Crippen molar-refractivity contribution >= 4 is 26.7 Å². The Kier molecular flexibility index (Phi) is 3.93. The van der Waals surface area contributed by atoms with E-state index in [0.717, 1.165) is 5.56 Å². The van der Waals surface area contributed by atoms with Gasteiger partial charge in [-0.3, -0.25) is 0 Å². The van der Waals surface area contributed by atoms with Crippen LogP contribution in [0.4, 0.5) is 10.2 Å². The molecule has 6 nitrogen and oxygen atoms in total. The number of hydrogen-bond acceptors (Lipinski definition) is 5. The van der Waals surface area contributed by atoms with E-state index in [4.69, 9.17) is 5.14 Å². The van der Waals surface area contributed by atoms with Crippen LogP contribution in [0.15, 0.2) is 53.7 Å². The number of benzene rings is 2. The first-order chi connectivity index (χ1) is 10.9. The van der Waals surface area contributed by atoms with Gasteiger partial charge in [-0.2, -0.15) is 0 Å². The maximum absolute atomic E-state index is 13.7. The Morgan fingerprint density at radius 2 is 1.83 bits per heavy atom. The van der Waals surface area contributed by atoms with Crippen LogP contribution in [0, 0.1) is 5.82 Å². The van der Waals surface area contributed by atoms with Gasteiger partial charge in [0, 0.05) is 11.9 Å². The number of halogens is 1. The molecule has 0 fully saturated rings. The second-order valence-corrected chi connectivity index (χ2v) is 6.46. The highest BCUT2D eigenvalue weighted by Crippen LogP contribution is 2.21. The Hall–Kier alpha value is -2.58. The molecule has 0 aliphatic heterocycles. The summed E-state index contributed by atoms with van der Waals surface area (Å²) < 4.78 is 36.1. The summed E-state index contributed by atoms with van der Waals surface area (Å²) in [6, 6.07) is 10.8. The predicted octanol–water partition coefficient (Wildman–Crippen LogP) is 2.03. The van der Waals surface area contributed by atoms with Crippen molar-refractivity contribution in [2.75, 3.05) is 5.32 Å². The molecular weight excluding hydrogens is 319 g/mol. The van der Waals surface area contributed by atoms with Gasteiger partial charge in [0.25, 0.3) is 0 Å². The molecule has 1 aromatic heterocycles. The maximum atomic E-state index is 13.7. The Morgan fingerprint density at radius 1 is 1.09 bits per heavy atom. The number of aromatic nitrogens is 2. The topological polar surface area (TPSA) is 98.0 Å². The van der Waals surface area contributed by atoms with Crippen LogP contribution in [-0.4, -0.2) is 18.4 Å². The number of nitrogens with one attached hydrogen (secondary N) is 1. The number of nitrogens with zero attached hydrogens (tertiary/aromatic N) is 2. The molecule has 2 aromatic carbocycles. The van der Waals surface area contributed by atoms with Crippen LogP contribution < -0.4 is 10.5 Å². The van der Waals surface area contributed by atoms with Crippen molar-refractivity contribution in [1.29, 1.82) is 0 Å². The van der Waals surface area contributed by atoms with Gasteiger partial charge in [0.1, 0.15) is 23.5 Å². The Bertz CT molecular complexity index is 959. The van der Waals surface area contributed by atoms with E-state index in [1.807, 2.05) is 0 Å². The monoisotopic (exact) mass is 332 g/mol. The molecule has 0 radical (unpaired) electrons. The van der Waals surface area contributed by atoms with Gasteiger partial charge >= 0.3 is 0 Å². The van der Waals surface area contributed by atoms with E-state index >= 15 is 0 Å². The smallest absolute Gasteiger partial charge is 0.238 e. The summed E-state index contributed by atoms with van der Waals surface area (Å²) in [5.74, 6) is 0.0930. The maximum Gasteiger partial charge on any atom is 0.238 e. The zero-order valence-corrected chi connectivity index (χ0v) is 12.7. The molecular formula is C15H13FN4O2S. The summed E-state index contributed by atoms with van der Waals surface area (Å²) >= 11 is 0. The standard InChI is InChI=1S/C15H13FN4O2S/c16-13-3-1-2-12-14(13)19-9-20-15(12)18-8-10-4-6-11(7-5-10)23(17,21)22/h1-7,9H,8H2,(H2,17,21,22)(H,18,19,20).